The quantitative estimate of drug-likeness (QED) is 0.282. The van der Waals surface area contributed by atoms with Crippen LogP contribution in [-0.2, 0) is 9.78 Å². The molecule has 0 aromatic carbocycles. The molecule has 28 valence electrons. The van der Waals surface area contributed by atoms with Gasteiger partial charge in [-0.25, -0.2) is 9.78 Å². The second kappa shape index (κ2) is 6.92. The van der Waals surface area contributed by atoms with E-state index in [0.717, 1.165) is 13.2 Å². The average molecular weight is 108 g/mol. The second-order valence-electron chi connectivity index (χ2n) is 0.644. The molecular weight excluding hydrogens is 102 g/mol. The van der Waals surface area contributed by atoms with Crippen LogP contribution in [0.25, 0.3) is 0 Å². The second-order valence-corrected chi connectivity index (χ2v) is 0.644. The summed E-state index contributed by atoms with van der Waals surface area (Å²) >= 11 is 0. The molecule has 6 heavy (non-hydrogen) atoms. The van der Waals surface area contributed by atoms with E-state index in [0.29, 0.717) is 0 Å². The molecule has 1 aliphatic heterocycles. The van der Waals surface area contributed by atoms with E-state index < -0.39 is 0 Å². The molecule has 1 aliphatic rings. The van der Waals surface area contributed by atoms with Crippen molar-refractivity contribution >= 4 is 59.1 Å². The standard InChI is InChI=1S/C2H4O2.2Na.2H/c1-2-4-3-1;;;;/h1-2H2;;;;. The Morgan fingerprint density at radius 3 is 1.00 bits per heavy atom. The van der Waals surface area contributed by atoms with Crippen LogP contribution in [0.15, 0.2) is 0 Å². The van der Waals surface area contributed by atoms with E-state index in [9.17, 15) is 0 Å². The van der Waals surface area contributed by atoms with Crippen molar-refractivity contribution in [1.82, 2.24) is 0 Å². The summed E-state index contributed by atoms with van der Waals surface area (Å²) in [6, 6.07) is 0. The van der Waals surface area contributed by atoms with Crippen LogP contribution in [0.3, 0.4) is 0 Å². The molecule has 0 aliphatic carbocycles. The first-order valence-electron chi connectivity index (χ1n) is 1.24. The minimum absolute atomic E-state index is 0. The third kappa shape index (κ3) is 4.09. The fraction of sp³-hybridized carbons (Fsp3) is 1.00. The van der Waals surface area contributed by atoms with Crippen molar-refractivity contribution in [2.45, 2.75) is 0 Å². The van der Waals surface area contributed by atoms with Gasteiger partial charge in [0.15, 0.2) is 0 Å². The van der Waals surface area contributed by atoms with Crippen LogP contribution in [0.2, 0.25) is 0 Å². The Bertz CT molecular complexity index is 17.5. The summed E-state index contributed by atoms with van der Waals surface area (Å²) in [4.78, 5) is 8.44. The number of hydrogen-bond donors (Lipinski definition) is 0. The Kier molecular flexibility index (Phi) is 12.5. The van der Waals surface area contributed by atoms with Gasteiger partial charge in [-0.15, -0.1) is 0 Å². The zero-order valence-corrected chi connectivity index (χ0v) is 2.23. The van der Waals surface area contributed by atoms with Gasteiger partial charge in [0, 0.05) is 0 Å². The summed E-state index contributed by atoms with van der Waals surface area (Å²) in [6.45, 7) is 1.56. The molecule has 0 aromatic rings. The van der Waals surface area contributed by atoms with Crippen molar-refractivity contribution in [2.24, 2.45) is 0 Å². The molecule has 0 aromatic heterocycles. The Labute approximate surface area is 81.1 Å². The van der Waals surface area contributed by atoms with E-state index in [1.807, 2.05) is 0 Å². The molecule has 4 heteroatoms. The first-order valence-corrected chi connectivity index (χ1v) is 1.24. The van der Waals surface area contributed by atoms with Gasteiger partial charge in [0.1, 0.15) is 13.2 Å². The van der Waals surface area contributed by atoms with Crippen LogP contribution < -0.4 is 0 Å². The molecule has 0 saturated carbocycles. The van der Waals surface area contributed by atoms with Gasteiger partial charge < -0.3 is 0 Å². The molecule has 1 fully saturated rings. The molecule has 0 radical (unpaired) electrons. The van der Waals surface area contributed by atoms with Gasteiger partial charge in [0.2, 0.25) is 0 Å². The first kappa shape index (κ1) is 10.8. The molecule has 1 rings (SSSR count). The van der Waals surface area contributed by atoms with E-state index in [1.165, 1.54) is 0 Å². The van der Waals surface area contributed by atoms with Gasteiger partial charge in [0.05, 0.1) is 0 Å². The SMILES string of the molecule is C1COO1.[NaH].[NaH]. The van der Waals surface area contributed by atoms with Gasteiger partial charge in [-0.3, -0.25) is 0 Å². The number of rotatable bonds is 0. The minimum atomic E-state index is 0. The van der Waals surface area contributed by atoms with Gasteiger partial charge in [0.25, 0.3) is 0 Å². The molecule has 1 saturated heterocycles. The normalized spacial score (nSPS) is 16.0. The topological polar surface area (TPSA) is 18.5 Å². The van der Waals surface area contributed by atoms with Gasteiger partial charge in [-0.1, -0.05) is 0 Å². The maximum absolute atomic E-state index is 4.22. The summed E-state index contributed by atoms with van der Waals surface area (Å²) in [5, 5.41) is 0. The average Bonchev–Trinajstić information content (AvgIpc) is 0.722. The molecule has 0 N–H and O–H groups in total. The monoisotopic (exact) mass is 108 g/mol. The summed E-state index contributed by atoms with van der Waals surface area (Å²) in [7, 11) is 0. The zero-order chi connectivity index (χ0) is 2.83. The summed E-state index contributed by atoms with van der Waals surface area (Å²) in [6.07, 6.45) is 0. The van der Waals surface area contributed by atoms with Crippen LogP contribution in [0.5, 0.6) is 0 Å². The number of hydrogen-bond acceptors (Lipinski definition) is 2. The fourth-order valence-electron chi connectivity index (χ4n) is 0.0833. The molecular formula is C2H6Na2O2. The van der Waals surface area contributed by atoms with E-state index in [-0.39, 0.29) is 59.1 Å². The Morgan fingerprint density at radius 2 is 1.00 bits per heavy atom. The first-order chi connectivity index (χ1) is 2.00. The summed E-state index contributed by atoms with van der Waals surface area (Å²) in [5.74, 6) is 0. The third-order valence-electron chi connectivity index (χ3n) is 0.333. The van der Waals surface area contributed by atoms with Crippen molar-refractivity contribution < 1.29 is 9.78 Å². The van der Waals surface area contributed by atoms with E-state index in [4.69, 9.17) is 0 Å². The van der Waals surface area contributed by atoms with Gasteiger partial charge in [-0.2, -0.15) is 0 Å². The molecule has 0 atom stereocenters. The van der Waals surface area contributed by atoms with Crippen molar-refractivity contribution in [3.8, 4) is 0 Å². The fourth-order valence-corrected chi connectivity index (χ4v) is 0.0833. The predicted molar refractivity (Wildman–Crippen MR) is 26.2 cm³/mol. The van der Waals surface area contributed by atoms with E-state index in [2.05, 4.69) is 9.78 Å². The van der Waals surface area contributed by atoms with Crippen molar-refractivity contribution in [2.75, 3.05) is 13.2 Å². The van der Waals surface area contributed by atoms with Gasteiger partial charge >= 0.3 is 59.1 Å². The van der Waals surface area contributed by atoms with E-state index in [1.54, 1.807) is 0 Å². The predicted octanol–water partition coefficient (Wildman–Crippen LogP) is -1.35. The van der Waals surface area contributed by atoms with Crippen LogP contribution in [0, 0.1) is 0 Å². The van der Waals surface area contributed by atoms with Crippen LogP contribution >= 0.6 is 0 Å². The van der Waals surface area contributed by atoms with Crippen LogP contribution in [-0.4, -0.2) is 72.3 Å². The Hall–Kier alpha value is 1.92. The maximum atomic E-state index is 4.22. The van der Waals surface area contributed by atoms with Crippen LogP contribution in [0.4, 0.5) is 0 Å². The van der Waals surface area contributed by atoms with Crippen molar-refractivity contribution in [1.29, 1.82) is 0 Å². The Morgan fingerprint density at radius 1 is 0.833 bits per heavy atom. The molecule has 0 amide bonds. The Balaban J connectivity index is 0. The molecule has 0 unspecified atom stereocenters. The molecule has 0 spiro atoms. The van der Waals surface area contributed by atoms with Crippen molar-refractivity contribution in [3.05, 3.63) is 0 Å². The molecule has 2 nitrogen and oxygen atoms in total. The molecule has 0 bridgehead atoms. The molecule has 1 heterocycles. The zero-order valence-electron chi connectivity index (χ0n) is 2.23. The van der Waals surface area contributed by atoms with Crippen LogP contribution in [0.1, 0.15) is 0 Å². The van der Waals surface area contributed by atoms with Crippen molar-refractivity contribution in [3.63, 3.8) is 0 Å². The van der Waals surface area contributed by atoms with E-state index >= 15 is 0 Å². The summed E-state index contributed by atoms with van der Waals surface area (Å²) in [5.41, 5.74) is 0. The summed E-state index contributed by atoms with van der Waals surface area (Å²) < 4.78 is 0. The third-order valence-corrected chi connectivity index (χ3v) is 0.333. The van der Waals surface area contributed by atoms with Gasteiger partial charge in [-0.05, 0) is 0 Å².